The highest BCUT2D eigenvalue weighted by molar-refractivity contribution is 9.10. The Balaban J connectivity index is 1.25. The third-order valence-corrected chi connectivity index (χ3v) is 7.79. The monoisotopic (exact) mass is 536 g/mol. The zero-order valence-electron chi connectivity index (χ0n) is 18.7. The second kappa shape index (κ2) is 11.0. The Morgan fingerprint density at radius 1 is 1.12 bits per heavy atom. The zero-order valence-corrected chi connectivity index (χ0v) is 21.1. The second-order valence-electron chi connectivity index (χ2n) is 8.92. The van der Waals surface area contributed by atoms with Crippen LogP contribution >= 0.6 is 27.5 Å². The Hall–Kier alpha value is -1.94. The van der Waals surface area contributed by atoms with Crippen LogP contribution in [0.2, 0.25) is 5.02 Å². The summed E-state index contributed by atoms with van der Waals surface area (Å²) >= 11 is 9.47. The molecule has 0 bridgehead atoms. The summed E-state index contributed by atoms with van der Waals surface area (Å²) in [6.07, 6.45) is 4.69. The van der Waals surface area contributed by atoms with Crippen LogP contribution in [0.25, 0.3) is 0 Å². The topological polar surface area (TPSA) is 93.4 Å². The molecule has 0 unspecified atom stereocenters. The lowest BCUT2D eigenvalue weighted by Crippen LogP contribution is -2.48. The van der Waals surface area contributed by atoms with Gasteiger partial charge in [0.05, 0.1) is 15.1 Å². The number of aromatic amines is 1. The van der Waals surface area contributed by atoms with Gasteiger partial charge in [0.25, 0.3) is 11.8 Å². The number of likely N-dealkylation sites (tertiary alicyclic amines) is 2. The largest absolute Gasteiger partial charge is 0.350 e. The molecule has 2 aromatic rings. The maximum atomic E-state index is 12.7. The molecular formula is C23H30BrClN6O2. The van der Waals surface area contributed by atoms with Crippen LogP contribution in [0.5, 0.6) is 0 Å². The molecule has 8 nitrogen and oxygen atoms in total. The summed E-state index contributed by atoms with van der Waals surface area (Å²) in [6.45, 7) is 5.19. The maximum absolute atomic E-state index is 12.7. The zero-order chi connectivity index (χ0) is 23.4. The number of anilines is 1. The van der Waals surface area contributed by atoms with E-state index < -0.39 is 5.91 Å². The van der Waals surface area contributed by atoms with Crippen molar-refractivity contribution in [1.29, 1.82) is 0 Å². The molecule has 2 aliphatic rings. The van der Waals surface area contributed by atoms with Crippen LogP contribution in [-0.4, -0.2) is 77.6 Å². The Labute approximate surface area is 207 Å². The molecule has 0 spiro atoms. The first-order chi connectivity index (χ1) is 15.9. The standard InChI is InChI=1S/C23H30BrClN6O2/c1-30-10-8-16(9-11-30)31-12-6-15(7-13-31)14-26-23(33)20-19(24)21(29-28-20)27-22(32)17-4-2-3-5-18(17)25/h2-5,15-16H,6-14H2,1H3,(H,26,33)(H2,27,28,29,32). The predicted octanol–water partition coefficient (Wildman–Crippen LogP) is 3.61. The van der Waals surface area contributed by atoms with Gasteiger partial charge in [-0.25, -0.2) is 0 Å². The summed E-state index contributed by atoms with van der Waals surface area (Å²) < 4.78 is 0.414. The van der Waals surface area contributed by atoms with Crippen LogP contribution in [0.3, 0.4) is 0 Å². The minimum Gasteiger partial charge on any atom is -0.350 e. The van der Waals surface area contributed by atoms with Crippen molar-refractivity contribution in [1.82, 2.24) is 25.3 Å². The first-order valence-corrected chi connectivity index (χ1v) is 12.6. The van der Waals surface area contributed by atoms with Gasteiger partial charge in [-0.2, -0.15) is 5.10 Å². The van der Waals surface area contributed by atoms with Gasteiger partial charge in [-0.3, -0.25) is 14.7 Å². The minimum absolute atomic E-state index is 0.245. The van der Waals surface area contributed by atoms with Gasteiger partial charge in [0.2, 0.25) is 0 Å². The Morgan fingerprint density at radius 2 is 1.82 bits per heavy atom. The van der Waals surface area contributed by atoms with Crippen molar-refractivity contribution >= 4 is 45.2 Å². The minimum atomic E-state index is -0.392. The van der Waals surface area contributed by atoms with Crippen molar-refractivity contribution in [2.24, 2.45) is 5.92 Å². The molecule has 33 heavy (non-hydrogen) atoms. The molecule has 2 aliphatic heterocycles. The van der Waals surface area contributed by atoms with Crippen LogP contribution in [0.1, 0.15) is 46.5 Å². The molecule has 3 heterocycles. The molecule has 0 atom stereocenters. The fourth-order valence-electron chi connectivity index (χ4n) is 4.59. The number of piperidine rings is 2. The van der Waals surface area contributed by atoms with Crippen LogP contribution in [0.15, 0.2) is 28.7 Å². The predicted molar refractivity (Wildman–Crippen MR) is 133 cm³/mol. The molecule has 0 radical (unpaired) electrons. The van der Waals surface area contributed by atoms with E-state index in [9.17, 15) is 9.59 Å². The SMILES string of the molecule is CN1CCC(N2CCC(CNC(=O)c3[nH]nc(NC(=O)c4ccccc4Cl)c3Br)CC2)CC1. The number of rotatable bonds is 6. The summed E-state index contributed by atoms with van der Waals surface area (Å²) in [5, 5.41) is 12.8. The van der Waals surface area contributed by atoms with Crippen LogP contribution < -0.4 is 10.6 Å². The van der Waals surface area contributed by atoms with Gasteiger partial charge in [0.1, 0.15) is 5.69 Å². The number of nitrogens with one attached hydrogen (secondary N) is 3. The molecule has 0 saturated carbocycles. The fraction of sp³-hybridized carbons (Fsp3) is 0.522. The summed E-state index contributed by atoms with van der Waals surface area (Å²) in [4.78, 5) is 30.2. The van der Waals surface area contributed by atoms with Gasteiger partial charge in [0, 0.05) is 12.6 Å². The Bertz CT molecular complexity index is 983. The molecule has 0 aliphatic carbocycles. The van der Waals surface area contributed by atoms with Crippen LogP contribution in [-0.2, 0) is 0 Å². The number of benzene rings is 1. The number of nitrogens with zero attached hydrogens (tertiary/aromatic N) is 3. The Morgan fingerprint density at radius 3 is 2.52 bits per heavy atom. The average molecular weight is 538 g/mol. The van der Waals surface area contributed by atoms with Gasteiger partial charge >= 0.3 is 0 Å². The number of carbonyl (C=O) groups is 2. The lowest BCUT2D eigenvalue weighted by molar-refractivity contribution is 0.0811. The number of H-pyrrole nitrogens is 1. The highest BCUT2D eigenvalue weighted by atomic mass is 79.9. The quantitative estimate of drug-likeness (QED) is 0.523. The number of aromatic nitrogens is 2. The van der Waals surface area contributed by atoms with Gasteiger partial charge in [-0.05, 0) is 92.9 Å². The molecule has 178 valence electrons. The highest BCUT2D eigenvalue weighted by Gasteiger charge is 2.28. The lowest BCUT2D eigenvalue weighted by atomic mass is 9.93. The van der Waals surface area contributed by atoms with Crippen molar-refractivity contribution in [3.63, 3.8) is 0 Å². The molecule has 3 N–H and O–H groups in total. The van der Waals surface area contributed by atoms with Crippen molar-refractivity contribution in [3.05, 3.63) is 45.0 Å². The van der Waals surface area contributed by atoms with E-state index in [4.69, 9.17) is 11.6 Å². The smallest absolute Gasteiger partial charge is 0.270 e. The third-order valence-electron chi connectivity index (χ3n) is 6.69. The molecule has 1 aromatic heterocycles. The molecule has 2 saturated heterocycles. The van der Waals surface area contributed by atoms with Crippen molar-refractivity contribution in [3.8, 4) is 0 Å². The first-order valence-electron chi connectivity index (χ1n) is 11.4. The number of amides is 2. The van der Waals surface area contributed by atoms with Crippen molar-refractivity contribution in [2.75, 3.05) is 45.1 Å². The van der Waals surface area contributed by atoms with Crippen molar-refractivity contribution in [2.45, 2.75) is 31.7 Å². The summed E-state index contributed by atoms with van der Waals surface area (Å²) in [6, 6.07) is 7.47. The number of carbonyl (C=O) groups excluding carboxylic acids is 2. The number of hydrogen-bond donors (Lipinski definition) is 3. The van der Waals surface area contributed by atoms with Crippen LogP contribution in [0, 0.1) is 5.92 Å². The number of halogens is 2. The highest BCUT2D eigenvalue weighted by Crippen LogP contribution is 2.26. The molecular weight excluding hydrogens is 508 g/mol. The van der Waals surface area contributed by atoms with E-state index in [0.717, 1.165) is 25.9 Å². The normalized spacial score (nSPS) is 18.9. The van der Waals surface area contributed by atoms with E-state index >= 15 is 0 Å². The summed E-state index contributed by atoms with van der Waals surface area (Å²) in [7, 11) is 2.19. The van der Waals surface area contributed by atoms with Gasteiger partial charge < -0.3 is 20.4 Å². The molecule has 10 heteroatoms. The average Bonchev–Trinajstić information content (AvgIpc) is 3.18. The molecule has 2 amide bonds. The van der Waals surface area contributed by atoms with E-state index in [2.05, 4.69) is 53.6 Å². The van der Waals surface area contributed by atoms with E-state index in [-0.39, 0.29) is 17.4 Å². The molecule has 1 aromatic carbocycles. The number of hydrogen-bond acceptors (Lipinski definition) is 5. The molecule has 2 fully saturated rings. The summed E-state index contributed by atoms with van der Waals surface area (Å²) in [5.41, 5.74) is 0.625. The maximum Gasteiger partial charge on any atom is 0.270 e. The van der Waals surface area contributed by atoms with Gasteiger partial charge in [-0.1, -0.05) is 23.7 Å². The van der Waals surface area contributed by atoms with Gasteiger partial charge in [0.15, 0.2) is 5.82 Å². The Kier molecular flexibility index (Phi) is 8.06. The third kappa shape index (κ3) is 5.95. The van der Waals surface area contributed by atoms with Crippen LogP contribution in [0.4, 0.5) is 5.82 Å². The van der Waals surface area contributed by atoms with E-state index in [1.54, 1.807) is 24.3 Å². The summed E-state index contributed by atoms with van der Waals surface area (Å²) in [5.74, 6) is 0.0792. The fourth-order valence-corrected chi connectivity index (χ4v) is 5.27. The van der Waals surface area contributed by atoms with Gasteiger partial charge in [-0.15, -0.1) is 0 Å². The lowest BCUT2D eigenvalue weighted by Gasteiger charge is -2.41. The van der Waals surface area contributed by atoms with E-state index in [0.29, 0.717) is 33.6 Å². The molecule has 4 rings (SSSR count). The van der Waals surface area contributed by atoms with Crippen molar-refractivity contribution < 1.29 is 9.59 Å². The van der Waals surface area contributed by atoms with E-state index in [1.165, 1.54) is 25.9 Å². The second-order valence-corrected chi connectivity index (χ2v) is 10.1. The van der Waals surface area contributed by atoms with E-state index in [1.807, 2.05) is 0 Å². The first kappa shape index (κ1) is 24.2.